The molecule has 0 spiro atoms. The van der Waals surface area contributed by atoms with Crippen LogP contribution >= 0.6 is 0 Å². The summed E-state index contributed by atoms with van der Waals surface area (Å²) in [6, 6.07) is 8.04. The smallest absolute Gasteiger partial charge is 0.166 e. The van der Waals surface area contributed by atoms with Gasteiger partial charge < -0.3 is 4.74 Å². The summed E-state index contributed by atoms with van der Waals surface area (Å²) in [5.74, 6) is 0.441. The molecule has 1 aromatic carbocycles. The van der Waals surface area contributed by atoms with Crippen molar-refractivity contribution in [3.63, 3.8) is 0 Å². The van der Waals surface area contributed by atoms with Crippen molar-refractivity contribution in [3.8, 4) is 0 Å². The molecule has 2 heteroatoms. The summed E-state index contributed by atoms with van der Waals surface area (Å²) < 4.78 is 5.76. The third kappa shape index (κ3) is 3.90. The molecule has 2 nitrogen and oxygen atoms in total. The van der Waals surface area contributed by atoms with E-state index in [2.05, 4.69) is 26.8 Å². The molecule has 0 heterocycles. The van der Waals surface area contributed by atoms with Gasteiger partial charge in [-0.1, -0.05) is 24.3 Å². The lowest BCUT2D eigenvalue weighted by Gasteiger charge is -2.21. The monoisotopic (exact) mass is 260 g/mol. The van der Waals surface area contributed by atoms with Gasteiger partial charge >= 0.3 is 0 Å². The first-order valence-electron chi connectivity index (χ1n) is 7.23. The largest absolute Gasteiger partial charge is 0.376 e. The molecule has 0 aliphatic heterocycles. The molecule has 104 valence electrons. The molecule has 19 heavy (non-hydrogen) atoms. The van der Waals surface area contributed by atoms with E-state index in [-0.39, 0.29) is 11.5 Å². The summed E-state index contributed by atoms with van der Waals surface area (Å²) in [5.41, 5.74) is 2.03. The Bertz CT molecular complexity index is 443. The molecule has 0 bridgehead atoms. The molecule has 1 atom stereocenters. The van der Waals surface area contributed by atoms with Crippen LogP contribution in [0.5, 0.6) is 0 Å². The van der Waals surface area contributed by atoms with Crippen LogP contribution in [0.2, 0.25) is 0 Å². The summed E-state index contributed by atoms with van der Waals surface area (Å²) in [6.45, 7) is 6.83. The number of hydrogen-bond acceptors (Lipinski definition) is 2. The van der Waals surface area contributed by atoms with E-state index in [9.17, 15) is 4.79 Å². The summed E-state index contributed by atoms with van der Waals surface area (Å²) in [7, 11) is 0. The van der Waals surface area contributed by atoms with Crippen molar-refractivity contribution < 1.29 is 9.53 Å². The number of aryl methyl sites for hydroxylation is 1. The first-order valence-corrected chi connectivity index (χ1v) is 7.23. The van der Waals surface area contributed by atoms with Crippen molar-refractivity contribution in [2.75, 3.05) is 6.61 Å². The number of ether oxygens (including phenoxy) is 1. The number of rotatable bonds is 3. The maximum atomic E-state index is 12.5. The number of carbonyl (C=O) groups is 1. The molecule has 0 amide bonds. The van der Waals surface area contributed by atoms with Crippen LogP contribution < -0.4 is 0 Å². The highest BCUT2D eigenvalue weighted by molar-refractivity contribution is 5.99. The fraction of sp³-hybridized carbons (Fsp3) is 0.588. The standard InChI is InChI=1S/C17H24O2/c1-17(2,3)19-12-11-14-9-6-8-13-7-4-5-10-15(13)16(14)18/h4-5,7,10,14H,6,8-9,11-12H2,1-3H3. The predicted octanol–water partition coefficient (Wildman–Crippen LogP) is 4.03. The van der Waals surface area contributed by atoms with Crippen LogP contribution in [0.3, 0.4) is 0 Å². The van der Waals surface area contributed by atoms with Crippen molar-refractivity contribution in [1.82, 2.24) is 0 Å². The van der Waals surface area contributed by atoms with Crippen LogP contribution in [0, 0.1) is 5.92 Å². The Morgan fingerprint density at radius 3 is 2.74 bits per heavy atom. The molecule has 0 N–H and O–H groups in total. The number of carbonyl (C=O) groups excluding carboxylic acids is 1. The Morgan fingerprint density at radius 1 is 1.26 bits per heavy atom. The maximum Gasteiger partial charge on any atom is 0.166 e. The fourth-order valence-electron chi connectivity index (χ4n) is 2.65. The second-order valence-corrected chi connectivity index (χ2v) is 6.36. The van der Waals surface area contributed by atoms with Gasteiger partial charge in [-0.2, -0.15) is 0 Å². The zero-order valence-electron chi connectivity index (χ0n) is 12.2. The zero-order valence-corrected chi connectivity index (χ0v) is 12.2. The average molecular weight is 260 g/mol. The van der Waals surface area contributed by atoms with Crippen LogP contribution in [0.1, 0.15) is 56.0 Å². The van der Waals surface area contributed by atoms with E-state index in [1.807, 2.05) is 18.2 Å². The SMILES string of the molecule is CC(C)(C)OCCC1CCCc2ccccc2C1=O. The molecule has 2 rings (SSSR count). The summed E-state index contributed by atoms with van der Waals surface area (Å²) in [5, 5.41) is 0. The van der Waals surface area contributed by atoms with Crippen LogP contribution in [0.15, 0.2) is 24.3 Å². The lowest BCUT2D eigenvalue weighted by Crippen LogP contribution is -2.23. The van der Waals surface area contributed by atoms with Gasteiger partial charge in [0.25, 0.3) is 0 Å². The zero-order chi connectivity index (χ0) is 13.9. The summed E-state index contributed by atoms with van der Waals surface area (Å²) >= 11 is 0. The van der Waals surface area contributed by atoms with Gasteiger partial charge in [0.2, 0.25) is 0 Å². The van der Waals surface area contributed by atoms with Crippen molar-refractivity contribution in [2.24, 2.45) is 5.92 Å². The minimum atomic E-state index is -0.119. The molecular formula is C17H24O2. The summed E-state index contributed by atoms with van der Waals surface area (Å²) in [4.78, 5) is 12.5. The Labute approximate surface area is 116 Å². The Kier molecular flexibility index (Phi) is 4.41. The number of Topliss-reactive ketones (excluding diaryl/α,β-unsaturated/α-hetero) is 1. The Balaban J connectivity index is 2.01. The van der Waals surface area contributed by atoms with Crippen LogP contribution in [-0.4, -0.2) is 18.0 Å². The topological polar surface area (TPSA) is 26.3 Å². The van der Waals surface area contributed by atoms with Crippen LogP contribution in [0.25, 0.3) is 0 Å². The number of hydrogen-bond donors (Lipinski definition) is 0. The van der Waals surface area contributed by atoms with Crippen molar-refractivity contribution in [3.05, 3.63) is 35.4 Å². The molecule has 0 fully saturated rings. The highest BCUT2D eigenvalue weighted by Crippen LogP contribution is 2.27. The van der Waals surface area contributed by atoms with Gasteiger partial charge in [-0.15, -0.1) is 0 Å². The Morgan fingerprint density at radius 2 is 2.00 bits per heavy atom. The number of fused-ring (bicyclic) bond motifs is 1. The molecule has 1 unspecified atom stereocenters. The van der Waals surface area contributed by atoms with E-state index in [0.29, 0.717) is 12.4 Å². The van der Waals surface area contributed by atoms with Crippen molar-refractivity contribution in [2.45, 2.75) is 52.1 Å². The van der Waals surface area contributed by atoms with Crippen molar-refractivity contribution >= 4 is 5.78 Å². The minimum Gasteiger partial charge on any atom is -0.376 e. The fourth-order valence-corrected chi connectivity index (χ4v) is 2.65. The first-order chi connectivity index (χ1) is 8.97. The third-order valence-electron chi connectivity index (χ3n) is 3.65. The van der Waals surface area contributed by atoms with E-state index in [4.69, 9.17) is 4.74 Å². The lowest BCUT2D eigenvalue weighted by atomic mass is 9.92. The van der Waals surface area contributed by atoms with Crippen LogP contribution in [0.4, 0.5) is 0 Å². The minimum absolute atomic E-state index is 0.119. The molecule has 1 aliphatic rings. The van der Waals surface area contributed by atoms with Gasteiger partial charge in [-0.25, -0.2) is 0 Å². The third-order valence-corrected chi connectivity index (χ3v) is 3.65. The number of ketones is 1. The van der Waals surface area contributed by atoms with Crippen molar-refractivity contribution in [1.29, 1.82) is 0 Å². The average Bonchev–Trinajstić information content (AvgIpc) is 2.49. The van der Waals surface area contributed by atoms with E-state index in [1.54, 1.807) is 0 Å². The molecule has 0 saturated heterocycles. The first kappa shape index (κ1) is 14.3. The summed E-state index contributed by atoms with van der Waals surface area (Å²) in [6.07, 6.45) is 3.95. The highest BCUT2D eigenvalue weighted by Gasteiger charge is 2.25. The van der Waals surface area contributed by atoms with Gasteiger partial charge in [0.15, 0.2) is 5.78 Å². The second-order valence-electron chi connectivity index (χ2n) is 6.36. The predicted molar refractivity (Wildman–Crippen MR) is 77.5 cm³/mol. The number of benzene rings is 1. The van der Waals surface area contributed by atoms with E-state index in [1.165, 1.54) is 5.56 Å². The Hall–Kier alpha value is -1.15. The van der Waals surface area contributed by atoms with Gasteiger partial charge in [0.05, 0.1) is 5.60 Å². The molecule has 0 radical (unpaired) electrons. The van der Waals surface area contributed by atoms with E-state index >= 15 is 0 Å². The normalized spacial score (nSPS) is 19.9. The van der Waals surface area contributed by atoms with Gasteiger partial charge in [-0.3, -0.25) is 4.79 Å². The van der Waals surface area contributed by atoms with Gasteiger partial charge in [0, 0.05) is 18.1 Å². The molecule has 1 aliphatic carbocycles. The quantitative estimate of drug-likeness (QED) is 0.767. The highest BCUT2D eigenvalue weighted by atomic mass is 16.5. The molecule has 1 aromatic rings. The molecule has 0 saturated carbocycles. The lowest BCUT2D eigenvalue weighted by molar-refractivity contribution is -0.00892. The van der Waals surface area contributed by atoms with Crippen LogP contribution in [-0.2, 0) is 11.2 Å². The second kappa shape index (κ2) is 5.87. The molecule has 0 aromatic heterocycles. The van der Waals surface area contributed by atoms with E-state index < -0.39 is 0 Å². The maximum absolute atomic E-state index is 12.5. The van der Waals surface area contributed by atoms with Gasteiger partial charge in [0.1, 0.15) is 0 Å². The van der Waals surface area contributed by atoms with Gasteiger partial charge in [-0.05, 0) is 52.0 Å². The van der Waals surface area contributed by atoms with E-state index in [0.717, 1.165) is 31.2 Å². The molecular weight excluding hydrogens is 236 g/mol.